The van der Waals surface area contributed by atoms with E-state index in [2.05, 4.69) is 12.2 Å². The van der Waals surface area contributed by atoms with Crippen LogP contribution in [0.5, 0.6) is 0 Å². The number of esters is 1. The van der Waals surface area contributed by atoms with Crippen molar-refractivity contribution in [3.8, 4) is 0 Å². The Kier molecular flexibility index (Phi) is 6.74. The van der Waals surface area contributed by atoms with E-state index < -0.39 is 30.5 Å². The second-order valence-corrected chi connectivity index (χ2v) is 13.2. The number of rotatable bonds is 10. The molecule has 2 saturated heterocycles. The van der Waals surface area contributed by atoms with Crippen LogP contribution >= 0.6 is 0 Å². The minimum Gasteiger partial charge on any atom is -0.456 e. The fraction of sp³-hybridized carbons (Fsp3) is 0.529. The Morgan fingerprint density at radius 3 is 1.84 bits per heavy atom. The number of likely N-dealkylation sites (tertiary alicyclic amines) is 2. The molecule has 2 aliphatic heterocycles. The number of carbonyl (C=O) groups is 6. The lowest BCUT2D eigenvalue weighted by atomic mass is 9.85. The highest BCUT2D eigenvalue weighted by atomic mass is 16.5. The SMILES string of the molecule is Cc1ccc(C(=O)COC(=O)[C@H](CCCCN2C(=O)[C@@H]3[C@@H](C2=O)[C@H]2C=C[C@H]3C2)N2C(=O)[C@@H]3[C@H](C2=O)[C@H]2C=C[C@H]3C2)cc1C. The average Bonchev–Trinajstić information content (AvgIpc) is 3.84. The van der Waals surface area contributed by atoms with Crippen LogP contribution in [0, 0.1) is 61.2 Å². The number of fused-ring (bicyclic) bond motifs is 10. The molecular weight excluding hydrogens is 548 g/mol. The van der Waals surface area contributed by atoms with Crippen LogP contribution in [0.15, 0.2) is 42.5 Å². The molecule has 9 heteroatoms. The van der Waals surface area contributed by atoms with Crippen molar-refractivity contribution in [1.82, 2.24) is 9.80 Å². The summed E-state index contributed by atoms with van der Waals surface area (Å²) in [4.78, 5) is 82.0. The van der Waals surface area contributed by atoms with Gasteiger partial charge in [0.15, 0.2) is 12.4 Å². The van der Waals surface area contributed by atoms with E-state index in [0.29, 0.717) is 18.4 Å². The monoisotopic (exact) mass is 584 g/mol. The van der Waals surface area contributed by atoms with E-state index in [-0.39, 0.29) is 77.9 Å². The number of hydrogen-bond acceptors (Lipinski definition) is 7. The lowest BCUT2D eigenvalue weighted by molar-refractivity contribution is -0.159. The van der Waals surface area contributed by atoms with Gasteiger partial charge in [-0.25, -0.2) is 4.79 Å². The molecule has 0 N–H and O–H groups in total. The number of hydrogen-bond donors (Lipinski definition) is 0. The first-order valence-electron chi connectivity index (χ1n) is 15.5. The molecule has 43 heavy (non-hydrogen) atoms. The Labute approximate surface area is 250 Å². The molecule has 0 aromatic heterocycles. The number of ketones is 1. The average molecular weight is 585 g/mol. The van der Waals surface area contributed by atoms with E-state index in [0.717, 1.165) is 28.9 Å². The molecule has 2 saturated carbocycles. The molecule has 4 amide bonds. The van der Waals surface area contributed by atoms with Gasteiger partial charge in [-0.05, 0) is 86.8 Å². The van der Waals surface area contributed by atoms with Gasteiger partial charge < -0.3 is 4.74 Å². The molecule has 0 radical (unpaired) electrons. The maximum Gasteiger partial charge on any atom is 0.329 e. The largest absolute Gasteiger partial charge is 0.456 e. The summed E-state index contributed by atoms with van der Waals surface area (Å²) < 4.78 is 5.46. The number of Topliss-reactive ketones (excluding diaryl/α,β-unsaturated/α-hetero) is 1. The predicted octanol–water partition coefficient (Wildman–Crippen LogP) is 3.18. The highest BCUT2D eigenvalue weighted by Crippen LogP contribution is 2.54. The second-order valence-electron chi connectivity index (χ2n) is 13.2. The first-order valence-corrected chi connectivity index (χ1v) is 15.5. The molecular formula is C34H36N2O7. The van der Waals surface area contributed by atoms with Crippen molar-refractivity contribution >= 4 is 35.4 Å². The Morgan fingerprint density at radius 2 is 1.30 bits per heavy atom. The molecule has 9 nitrogen and oxygen atoms in total. The standard InChI is InChI=1S/C34H36N2O7/c1-17-6-7-19(13-18(17)2)25(37)16-43-34(42)24(36-32(40)28-22-10-11-23(15-22)29(28)33(36)41)5-3-4-12-35-30(38)26-20-8-9-21(14-20)27(26)31(35)39/h6-11,13,20-24,26-29H,3-5,12,14-16H2,1-2H3/t20-,21-,22-,23-,24-,26-,27-,28-,29+/m0/s1. The van der Waals surface area contributed by atoms with E-state index >= 15 is 0 Å². The van der Waals surface area contributed by atoms with Gasteiger partial charge >= 0.3 is 5.97 Å². The Morgan fingerprint density at radius 1 is 0.767 bits per heavy atom. The number of unbranched alkanes of at least 4 members (excludes halogenated alkanes) is 1. The third kappa shape index (κ3) is 4.33. The van der Waals surface area contributed by atoms with E-state index in [1.54, 1.807) is 12.1 Å². The molecule has 4 aliphatic carbocycles. The molecule has 224 valence electrons. The second kappa shape index (κ2) is 10.4. The molecule has 9 atom stereocenters. The van der Waals surface area contributed by atoms with E-state index in [1.165, 1.54) is 4.90 Å². The van der Waals surface area contributed by atoms with Crippen molar-refractivity contribution in [2.45, 2.75) is 52.0 Å². The van der Waals surface area contributed by atoms with Crippen LogP contribution in [0.25, 0.3) is 0 Å². The van der Waals surface area contributed by atoms with Gasteiger partial charge in [0, 0.05) is 12.1 Å². The van der Waals surface area contributed by atoms with Gasteiger partial charge in [0.2, 0.25) is 23.6 Å². The number of imide groups is 2. The van der Waals surface area contributed by atoms with E-state index in [9.17, 15) is 28.8 Å². The molecule has 1 aromatic carbocycles. The molecule has 0 unspecified atom stereocenters. The van der Waals surface area contributed by atoms with Crippen molar-refractivity contribution in [1.29, 1.82) is 0 Å². The van der Waals surface area contributed by atoms with E-state index in [1.807, 2.05) is 32.1 Å². The molecule has 7 rings (SSSR count). The highest BCUT2D eigenvalue weighted by molar-refractivity contribution is 6.09. The third-order valence-electron chi connectivity index (χ3n) is 10.9. The Bertz CT molecular complexity index is 1450. The lowest BCUT2D eigenvalue weighted by Gasteiger charge is -2.26. The number of ether oxygens (including phenoxy) is 1. The number of aryl methyl sites for hydroxylation is 2. The summed E-state index contributed by atoms with van der Waals surface area (Å²) >= 11 is 0. The van der Waals surface area contributed by atoms with Crippen LogP contribution in [0.2, 0.25) is 0 Å². The molecule has 1 aromatic rings. The zero-order valence-electron chi connectivity index (χ0n) is 24.4. The van der Waals surface area contributed by atoms with Crippen LogP contribution in [-0.4, -0.2) is 64.4 Å². The topological polar surface area (TPSA) is 118 Å². The number of benzene rings is 1. The van der Waals surface area contributed by atoms with Gasteiger partial charge in [-0.15, -0.1) is 0 Å². The Hall–Kier alpha value is -3.88. The van der Waals surface area contributed by atoms with Crippen LogP contribution in [-0.2, 0) is 28.7 Å². The first kappa shape index (κ1) is 27.9. The Balaban J connectivity index is 1.02. The minimum absolute atomic E-state index is 0.00380. The van der Waals surface area contributed by atoms with Crippen molar-refractivity contribution in [3.63, 3.8) is 0 Å². The summed E-state index contributed by atoms with van der Waals surface area (Å²) in [5, 5.41) is 0. The van der Waals surface area contributed by atoms with Gasteiger partial charge in [0.1, 0.15) is 6.04 Å². The molecule has 4 bridgehead atoms. The summed E-state index contributed by atoms with van der Waals surface area (Å²) in [6.07, 6.45) is 10.7. The molecule has 4 fully saturated rings. The first-order chi connectivity index (χ1) is 20.7. The highest BCUT2D eigenvalue weighted by Gasteiger charge is 2.61. The third-order valence-corrected chi connectivity index (χ3v) is 10.9. The number of nitrogens with zero attached hydrogens (tertiary/aromatic N) is 2. The van der Waals surface area contributed by atoms with Gasteiger partial charge in [-0.2, -0.15) is 0 Å². The van der Waals surface area contributed by atoms with Gasteiger partial charge in [0.05, 0.1) is 23.7 Å². The van der Waals surface area contributed by atoms with Crippen molar-refractivity contribution < 1.29 is 33.5 Å². The summed E-state index contributed by atoms with van der Waals surface area (Å²) in [5.41, 5.74) is 2.41. The lowest BCUT2D eigenvalue weighted by Crippen LogP contribution is -2.47. The minimum atomic E-state index is -1.16. The quantitative estimate of drug-likeness (QED) is 0.136. The van der Waals surface area contributed by atoms with Crippen molar-refractivity contribution in [3.05, 3.63) is 59.2 Å². The summed E-state index contributed by atoms with van der Waals surface area (Å²) in [6.45, 7) is 3.58. The van der Waals surface area contributed by atoms with Gasteiger partial charge in [-0.1, -0.05) is 36.4 Å². The van der Waals surface area contributed by atoms with Gasteiger partial charge in [-0.3, -0.25) is 33.8 Å². The van der Waals surface area contributed by atoms with E-state index in [4.69, 9.17) is 4.74 Å². The summed E-state index contributed by atoms with van der Waals surface area (Å²) in [7, 11) is 0. The van der Waals surface area contributed by atoms with Crippen LogP contribution in [0.4, 0.5) is 0 Å². The van der Waals surface area contributed by atoms with Gasteiger partial charge in [0.25, 0.3) is 0 Å². The van der Waals surface area contributed by atoms with Crippen LogP contribution in [0.3, 0.4) is 0 Å². The van der Waals surface area contributed by atoms with Crippen LogP contribution in [0.1, 0.15) is 53.6 Å². The molecule has 6 aliphatic rings. The van der Waals surface area contributed by atoms with Crippen molar-refractivity contribution in [2.24, 2.45) is 47.3 Å². The molecule has 0 spiro atoms. The molecule has 2 heterocycles. The summed E-state index contributed by atoms with van der Waals surface area (Å²) in [5.74, 6) is -3.27. The number of allylic oxidation sites excluding steroid dienone is 4. The summed E-state index contributed by atoms with van der Waals surface area (Å²) in [6, 6.07) is 4.10. The fourth-order valence-corrected chi connectivity index (χ4v) is 8.61. The zero-order valence-corrected chi connectivity index (χ0v) is 24.4. The zero-order chi connectivity index (χ0) is 30.2. The maximum atomic E-state index is 13.6. The smallest absolute Gasteiger partial charge is 0.329 e. The van der Waals surface area contributed by atoms with Crippen molar-refractivity contribution in [2.75, 3.05) is 13.2 Å². The predicted molar refractivity (Wildman–Crippen MR) is 153 cm³/mol. The maximum absolute atomic E-state index is 13.6. The number of amides is 4. The fourth-order valence-electron chi connectivity index (χ4n) is 8.61. The number of carbonyl (C=O) groups excluding carboxylic acids is 6. The normalized spacial score (nSPS) is 33.6. The van der Waals surface area contributed by atoms with Crippen LogP contribution < -0.4 is 0 Å².